The van der Waals surface area contributed by atoms with E-state index in [4.69, 9.17) is 16.3 Å². The molecule has 220 valence electrons. The number of aliphatic hydroxyl groups excluding tert-OH is 2. The Morgan fingerprint density at radius 2 is 1.98 bits per heavy atom. The van der Waals surface area contributed by atoms with Gasteiger partial charge in [-0.2, -0.15) is 0 Å². The number of hydrogen-bond acceptors (Lipinski definition) is 5. The molecule has 0 radical (unpaired) electrons. The fraction of sp³-hybridized carbons (Fsp3) is 0.606. The lowest BCUT2D eigenvalue weighted by Gasteiger charge is -2.43. The van der Waals surface area contributed by atoms with Gasteiger partial charge in [-0.15, -0.1) is 0 Å². The smallest absolute Gasteiger partial charge is 0.219 e. The van der Waals surface area contributed by atoms with Crippen molar-refractivity contribution in [3.63, 3.8) is 0 Å². The van der Waals surface area contributed by atoms with Gasteiger partial charge >= 0.3 is 0 Å². The number of fused-ring (bicyclic) bond motifs is 1. The SMILES string of the molecule is CCCc1cc(Cl)ccc1C1COc2ccc(C(C)O)cc2N(CC2CCC2C(O)CCCCN(C)C(C)=O)C1. The van der Waals surface area contributed by atoms with E-state index in [0.717, 1.165) is 86.6 Å². The van der Waals surface area contributed by atoms with E-state index in [0.29, 0.717) is 12.5 Å². The first kappa shape index (κ1) is 30.7. The summed E-state index contributed by atoms with van der Waals surface area (Å²) in [6.45, 7) is 8.56. The minimum Gasteiger partial charge on any atom is -0.491 e. The van der Waals surface area contributed by atoms with Gasteiger partial charge in [0.1, 0.15) is 5.75 Å². The largest absolute Gasteiger partial charge is 0.491 e. The summed E-state index contributed by atoms with van der Waals surface area (Å²) in [4.78, 5) is 15.6. The summed E-state index contributed by atoms with van der Waals surface area (Å²) < 4.78 is 6.42. The average molecular weight is 571 g/mol. The molecule has 0 bridgehead atoms. The molecule has 1 amide bonds. The molecule has 0 spiro atoms. The van der Waals surface area contributed by atoms with Crippen molar-refractivity contribution >= 4 is 23.2 Å². The number of rotatable bonds is 12. The number of amides is 1. The van der Waals surface area contributed by atoms with Crippen molar-refractivity contribution in [1.29, 1.82) is 0 Å². The van der Waals surface area contributed by atoms with Crippen LogP contribution in [0.15, 0.2) is 36.4 Å². The van der Waals surface area contributed by atoms with E-state index in [2.05, 4.69) is 30.0 Å². The summed E-state index contributed by atoms with van der Waals surface area (Å²) in [5, 5.41) is 22.2. The van der Waals surface area contributed by atoms with Gasteiger partial charge in [0.2, 0.25) is 5.91 Å². The van der Waals surface area contributed by atoms with Crippen molar-refractivity contribution in [2.75, 3.05) is 38.2 Å². The van der Waals surface area contributed by atoms with Gasteiger partial charge in [0.15, 0.2) is 0 Å². The molecular weight excluding hydrogens is 524 g/mol. The second-order valence-corrected chi connectivity index (χ2v) is 12.4. The van der Waals surface area contributed by atoms with Crippen LogP contribution in [-0.2, 0) is 11.2 Å². The van der Waals surface area contributed by atoms with Gasteiger partial charge in [-0.05, 0) is 98.2 Å². The number of aryl methyl sites for hydroxylation is 1. The van der Waals surface area contributed by atoms with Crippen LogP contribution in [0.1, 0.15) is 88.0 Å². The maximum atomic E-state index is 11.5. The molecule has 40 heavy (non-hydrogen) atoms. The fourth-order valence-corrected chi connectivity index (χ4v) is 6.47. The third-order valence-electron chi connectivity index (χ3n) is 8.96. The van der Waals surface area contributed by atoms with Crippen LogP contribution in [0, 0.1) is 11.8 Å². The van der Waals surface area contributed by atoms with E-state index in [-0.39, 0.29) is 23.8 Å². The van der Waals surface area contributed by atoms with Crippen molar-refractivity contribution in [2.24, 2.45) is 11.8 Å². The lowest BCUT2D eigenvalue weighted by Crippen LogP contribution is -2.44. The van der Waals surface area contributed by atoms with E-state index in [1.54, 1.807) is 18.7 Å². The molecule has 1 aliphatic heterocycles. The van der Waals surface area contributed by atoms with Crippen LogP contribution < -0.4 is 9.64 Å². The second kappa shape index (κ2) is 14.1. The molecule has 2 aromatic rings. The Labute approximate surface area is 245 Å². The lowest BCUT2D eigenvalue weighted by atomic mass is 9.69. The molecule has 1 fully saturated rings. The molecule has 6 nitrogen and oxygen atoms in total. The summed E-state index contributed by atoms with van der Waals surface area (Å²) >= 11 is 6.38. The Balaban J connectivity index is 1.51. The van der Waals surface area contributed by atoms with Gasteiger partial charge in [0, 0.05) is 44.5 Å². The Morgan fingerprint density at radius 1 is 1.18 bits per heavy atom. The maximum absolute atomic E-state index is 11.5. The third-order valence-corrected chi connectivity index (χ3v) is 9.19. The average Bonchev–Trinajstić information content (AvgIpc) is 3.08. The van der Waals surface area contributed by atoms with E-state index in [9.17, 15) is 15.0 Å². The van der Waals surface area contributed by atoms with Crippen molar-refractivity contribution in [3.8, 4) is 5.75 Å². The standard InChI is InChI=1S/C33H47ClN2O4/c1-5-8-25-17-28(34)12-14-29(25)27-20-36(31-18-24(22(2)37)11-15-33(31)40-21-27)19-26-10-13-30(26)32(39)9-6-7-16-35(4)23(3)38/h11-12,14-15,17-18,22,26-27,30,32,37,39H,5-10,13,16,19-21H2,1-4H3. The van der Waals surface area contributed by atoms with Gasteiger partial charge in [0.25, 0.3) is 0 Å². The first-order valence-corrected chi connectivity index (χ1v) is 15.4. The van der Waals surface area contributed by atoms with E-state index in [1.165, 1.54) is 11.1 Å². The van der Waals surface area contributed by atoms with Crippen LogP contribution in [0.2, 0.25) is 5.02 Å². The number of ether oxygens (including phenoxy) is 1. The minimum atomic E-state index is -0.557. The predicted molar refractivity (Wildman–Crippen MR) is 162 cm³/mol. The lowest BCUT2D eigenvalue weighted by molar-refractivity contribution is -0.127. The van der Waals surface area contributed by atoms with Crippen LogP contribution in [0.25, 0.3) is 0 Å². The highest BCUT2D eigenvalue weighted by molar-refractivity contribution is 6.30. The molecule has 1 aliphatic carbocycles. The molecule has 2 aromatic carbocycles. The Hall–Kier alpha value is -2.28. The van der Waals surface area contributed by atoms with Gasteiger partial charge in [-0.25, -0.2) is 0 Å². The van der Waals surface area contributed by atoms with Gasteiger partial charge in [-0.1, -0.05) is 37.1 Å². The van der Waals surface area contributed by atoms with Gasteiger partial charge in [-0.3, -0.25) is 4.79 Å². The number of halogens is 1. The van der Waals surface area contributed by atoms with Gasteiger partial charge in [0.05, 0.1) is 24.5 Å². The zero-order valence-electron chi connectivity index (χ0n) is 24.6. The summed E-state index contributed by atoms with van der Waals surface area (Å²) in [6, 6.07) is 12.3. The normalized spacial score (nSPS) is 22.0. The van der Waals surface area contributed by atoms with Crippen LogP contribution in [-0.4, -0.2) is 60.4 Å². The maximum Gasteiger partial charge on any atom is 0.219 e. The molecule has 2 aliphatic rings. The highest BCUT2D eigenvalue weighted by atomic mass is 35.5. The molecule has 5 atom stereocenters. The number of unbranched alkanes of at least 4 members (excludes halogenated alkanes) is 1. The quantitative estimate of drug-likeness (QED) is 0.290. The fourth-order valence-electron chi connectivity index (χ4n) is 6.28. The topological polar surface area (TPSA) is 73.2 Å². The minimum absolute atomic E-state index is 0.0822. The highest BCUT2D eigenvalue weighted by Crippen LogP contribution is 2.43. The zero-order chi connectivity index (χ0) is 28.8. The molecular formula is C33H47ClN2O4. The number of benzene rings is 2. The molecule has 0 saturated heterocycles. The van der Waals surface area contributed by atoms with E-state index in [1.807, 2.05) is 25.2 Å². The molecule has 7 heteroatoms. The highest BCUT2D eigenvalue weighted by Gasteiger charge is 2.38. The molecule has 5 unspecified atom stereocenters. The number of anilines is 1. The monoisotopic (exact) mass is 570 g/mol. The third kappa shape index (κ3) is 7.51. The van der Waals surface area contributed by atoms with E-state index >= 15 is 0 Å². The second-order valence-electron chi connectivity index (χ2n) is 11.9. The number of hydrogen-bond donors (Lipinski definition) is 2. The molecule has 1 saturated carbocycles. The van der Waals surface area contributed by atoms with Crippen LogP contribution in [0.5, 0.6) is 5.75 Å². The Morgan fingerprint density at radius 3 is 2.65 bits per heavy atom. The number of carbonyl (C=O) groups is 1. The molecule has 0 aromatic heterocycles. The van der Waals surface area contributed by atoms with Crippen molar-refractivity contribution in [3.05, 3.63) is 58.1 Å². The van der Waals surface area contributed by atoms with Crippen molar-refractivity contribution in [1.82, 2.24) is 4.90 Å². The number of nitrogens with zero attached hydrogens (tertiary/aromatic N) is 2. The molecule has 1 heterocycles. The molecule has 4 rings (SSSR count). The van der Waals surface area contributed by atoms with Gasteiger partial charge < -0.3 is 24.7 Å². The van der Waals surface area contributed by atoms with E-state index < -0.39 is 6.10 Å². The number of carbonyl (C=O) groups excluding carboxylic acids is 1. The summed E-state index contributed by atoms with van der Waals surface area (Å²) in [7, 11) is 1.83. The first-order valence-electron chi connectivity index (χ1n) is 15.1. The zero-order valence-corrected chi connectivity index (χ0v) is 25.4. The van der Waals surface area contributed by atoms with Crippen LogP contribution in [0.3, 0.4) is 0 Å². The Bertz CT molecular complexity index is 1140. The summed E-state index contributed by atoms with van der Waals surface area (Å²) in [6.07, 6.45) is 5.89. The van der Waals surface area contributed by atoms with Crippen LogP contribution >= 0.6 is 11.6 Å². The Kier molecular flexibility index (Phi) is 10.8. The van der Waals surface area contributed by atoms with Crippen molar-refractivity contribution in [2.45, 2.75) is 83.8 Å². The number of aliphatic hydroxyl groups is 2. The summed E-state index contributed by atoms with van der Waals surface area (Å²) in [5.41, 5.74) is 4.48. The predicted octanol–water partition coefficient (Wildman–Crippen LogP) is 6.36. The molecule has 2 N–H and O–H groups in total. The van der Waals surface area contributed by atoms with Crippen molar-refractivity contribution < 1.29 is 19.7 Å². The first-order chi connectivity index (χ1) is 19.2. The van der Waals surface area contributed by atoms with Crippen LogP contribution in [0.4, 0.5) is 5.69 Å². The summed E-state index contributed by atoms with van der Waals surface area (Å²) in [5.74, 6) is 1.80.